The lowest BCUT2D eigenvalue weighted by Gasteiger charge is -2.00. The van der Waals surface area contributed by atoms with Gasteiger partial charge in [-0.25, -0.2) is 0 Å². The highest BCUT2D eigenvalue weighted by atomic mass is 79.9. The normalized spacial score (nSPS) is 11.8. The Bertz CT molecular complexity index is 285. The minimum Gasteiger partial charge on any atom is -0.0925 e. The first-order chi connectivity index (χ1) is 6.24. The Kier molecular flexibility index (Phi) is 4.74. The molecule has 1 rings (SSSR count). The van der Waals surface area contributed by atoms with E-state index in [1.165, 1.54) is 11.1 Å². The molecule has 0 radical (unpaired) electrons. The molecule has 0 fully saturated rings. The smallest absolute Gasteiger partial charge is 0.0175 e. The molecule has 0 aliphatic carbocycles. The monoisotopic (exact) mass is 302 g/mol. The standard InChI is InChI=1S/C11H12Br2/c1-9(3-2-8-12)10-4-6-11(13)7-5-10/h3-7H,2,8H2,1H3/b9-3+. The van der Waals surface area contributed by atoms with Crippen molar-refractivity contribution in [1.29, 1.82) is 0 Å². The molecule has 70 valence electrons. The van der Waals surface area contributed by atoms with Gasteiger partial charge in [0.1, 0.15) is 0 Å². The third-order valence-electron chi connectivity index (χ3n) is 1.86. The molecule has 1 aromatic carbocycles. The Morgan fingerprint density at radius 3 is 2.46 bits per heavy atom. The van der Waals surface area contributed by atoms with Gasteiger partial charge in [0.15, 0.2) is 0 Å². The fraction of sp³-hybridized carbons (Fsp3) is 0.273. The zero-order valence-electron chi connectivity index (χ0n) is 7.56. The first kappa shape index (κ1) is 11.0. The van der Waals surface area contributed by atoms with Gasteiger partial charge in [0.25, 0.3) is 0 Å². The first-order valence-electron chi connectivity index (χ1n) is 4.22. The second-order valence-corrected chi connectivity index (χ2v) is 4.58. The highest BCUT2D eigenvalue weighted by molar-refractivity contribution is 9.10. The largest absolute Gasteiger partial charge is 0.0925 e. The van der Waals surface area contributed by atoms with Crippen molar-refractivity contribution in [1.82, 2.24) is 0 Å². The summed E-state index contributed by atoms with van der Waals surface area (Å²) >= 11 is 6.83. The van der Waals surface area contributed by atoms with Gasteiger partial charge in [0.2, 0.25) is 0 Å². The van der Waals surface area contributed by atoms with Crippen molar-refractivity contribution in [3.05, 3.63) is 40.4 Å². The minimum atomic E-state index is 1.03. The molecule has 0 spiro atoms. The van der Waals surface area contributed by atoms with Gasteiger partial charge < -0.3 is 0 Å². The van der Waals surface area contributed by atoms with Gasteiger partial charge in [0, 0.05) is 9.80 Å². The Morgan fingerprint density at radius 1 is 1.31 bits per heavy atom. The SMILES string of the molecule is C/C(=C\CCBr)c1ccc(Br)cc1. The van der Waals surface area contributed by atoms with Crippen LogP contribution in [0, 0.1) is 0 Å². The number of allylic oxidation sites excluding steroid dienone is 2. The zero-order chi connectivity index (χ0) is 9.68. The van der Waals surface area contributed by atoms with Crippen LogP contribution in [0.4, 0.5) is 0 Å². The molecule has 0 bridgehead atoms. The van der Waals surface area contributed by atoms with Crippen molar-refractivity contribution in [2.24, 2.45) is 0 Å². The van der Waals surface area contributed by atoms with E-state index in [0.717, 1.165) is 16.2 Å². The predicted molar refractivity (Wildman–Crippen MR) is 66.2 cm³/mol. The summed E-state index contributed by atoms with van der Waals surface area (Å²) < 4.78 is 1.13. The van der Waals surface area contributed by atoms with Crippen molar-refractivity contribution in [3.8, 4) is 0 Å². The van der Waals surface area contributed by atoms with Crippen LogP contribution in [0.5, 0.6) is 0 Å². The quantitative estimate of drug-likeness (QED) is 0.714. The Hall–Kier alpha value is -0.0800. The van der Waals surface area contributed by atoms with E-state index in [-0.39, 0.29) is 0 Å². The average molecular weight is 304 g/mol. The van der Waals surface area contributed by atoms with E-state index in [9.17, 15) is 0 Å². The summed E-state index contributed by atoms with van der Waals surface area (Å²) in [5, 5.41) is 1.03. The average Bonchev–Trinajstić information content (AvgIpc) is 2.15. The molecule has 0 amide bonds. The van der Waals surface area contributed by atoms with Crippen molar-refractivity contribution in [2.75, 3.05) is 5.33 Å². The van der Waals surface area contributed by atoms with Crippen LogP contribution in [0.1, 0.15) is 18.9 Å². The number of hydrogen-bond donors (Lipinski definition) is 0. The summed E-state index contributed by atoms with van der Waals surface area (Å²) in [7, 11) is 0. The number of alkyl halides is 1. The van der Waals surface area contributed by atoms with E-state index < -0.39 is 0 Å². The van der Waals surface area contributed by atoms with E-state index in [2.05, 4.69) is 69.1 Å². The highest BCUT2D eigenvalue weighted by Gasteiger charge is 1.94. The fourth-order valence-corrected chi connectivity index (χ4v) is 1.59. The van der Waals surface area contributed by atoms with Gasteiger partial charge in [-0.15, -0.1) is 0 Å². The highest BCUT2D eigenvalue weighted by Crippen LogP contribution is 2.17. The lowest BCUT2D eigenvalue weighted by molar-refractivity contribution is 1.26. The van der Waals surface area contributed by atoms with Gasteiger partial charge in [-0.1, -0.05) is 50.1 Å². The van der Waals surface area contributed by atoms with E-state index in [1.807, 2.05) is 0 Å². The first-order valence-corrected chi connectivity index (χ1v) is 6.14. The van der Waals surface area contributed by atoms with Gasteiger partial charge in [-0.2, -0.15) is 0 Å². The van der Waals surface area contributed by atoms with E-state index >= 15 is 0 Å². The maximum atomic E-state index is 3.42. The molecule has 0 atom stereocenters. The van der Waals surface area contributed by atoms with Gasteiger partial charge in [-0.3, -0.25) is 0 Å². The molecule has 13 heavy (non-hydrogen) atoms. The number of hydrogen-bond acceptors (Lipinski definition) is 0. The molecule has 0 N–H and O–H groups in total. The van der Waals surface area contributed by atoms with E-state index in [0.29, 0.717) is 0 Å². The lowest BCUT2D eigenvalue weighted by Crippen LogP contribution is -1.79. The second-order valence-electron chi connectivity index (χ2n) is 2.87. The van der Waals surface area contributed by atoms with Crippen LogP contribution in [0.15, 0.2) is 34.8 Å². The van der Waals surface area contributed by atoms with Crippen LogP contribution >= 0.6 is 31.9 Å². The molecule has 0 aromatic heterocycles. The topological polar surface area (TPSA) is 0 Å². The third-order valence-corrected chi connectivity index (χ3v) is 2.85. The van der Waals surface area contributed by atoms with Crippen molar-refractivity contribution in [3.63, 3.8) is 0 Å². The van der Waals surface area contributed by atoms with Crippen molar-refractivity contribution >= 4 is 37.4 Å². The van der Waals surface area contributed by atoms with Gasteiger partial charge >= 0.3 is 0 Å². The Labute approximate surface area is 96.3 Å². The van der Waals surface area contributed by atoms with E-state index in [4.69, 9.17) is 0 Å². The minimum absolute atomic E-state index is 1.03. The van der Waals surface area contributed by atoms with Gasteiger partial charge in [0.05, 0.1) is 0 Å². The maximum Gasteiger partial charge on any atom is 0.0175 e. The molecule has 0 aliphatic heterocycles. The second kappa shape index (κ2) is 5.61. The third kappa shape index (κ3) is 3.65. The molecular weight excluding hydrogens is 292 g/mol. The fourth-order valence-electron chi connectivity index (χ4n) is 1.10. The number of benzene rings is 1. The van der Waals surface area contributed by atoms with Crippen molar-refractivity contribution in [2.45, 2.75) is 13.3 Å². The number of halogens is 2. The van der Waals surface area contributed by atoms with Crippen LogP contribution in [0.2, 0.25) is 0 Å². The number of rotatable bonds is 3. The Balaban J connectivity index is 2.77. The van der Waals surface area contributed by atoms with Crippen LogP contribution in [0.3, 0.4) is 0 Å². The molecule has 0 saturated carbocycles. The molecule has 2 heteroatoms. The van der Waals surface area contributed by atoms with Gasteiger partial charge in [-0.05, 0) is 36.6 Å². The predicted octanol–water partition coefficient (Wildman–Crippen LogP) is 4.64. The van der Waals surface area contributed by atoms with Crippen LogP contribution in [-0.2, 0) is 0 Å². The summed E-state index contributed by atoms with van der Waals surface area (Å²) in [6.07, 6.45) is 3.33. The van der Waals surface area contributed by atoms with Crippen molar-refractivity contribution < 1.29 is 0 Å². The molecule has 0 heterocycles. The molecular formula is C11H12Br2. The summed E-state index contributed by atoms with van der Waals surface area (Å²) in [6.45, 7) is 2.14. The molecule has 0 aliphatic rings. The summed E-state index contributed by atoms with van der Waals surface area (Å²) in [6, 6.07) is 8.40. The summed E-state index contributed by atoms with van der Waals surface area (Å²) in [5.41, 5.74) is 2.64. The Morgan fingerprint density at radius 2 is 1.92 bits per heavy atom. The maximum absolute atomic E-state index is 3.42. The summed E-state index contributed by atoms with van der Waals surface area (Å²) in [5.74, 6) is 0. The molecule has 0 unspecified atom stereocenters. The van der Waals surface area contributed by atoms with Crippen LogP contribution in [0.25, 0.3) is 5.57 Å². The molecule has 1 aromatic rings. The van der Waals surface area contributed by atoms with Crippen LogP contribution < -0.4 is 0 Å². The molecule has 0 nitrogen and oxygen atoms in total. The van der Waals surface area contributed by atoms with Crippen LogP contribution in [-0.4, -0.2) is 5.33 Å². The molecule has 0 saturated heterocycles. The zero-order valence-corrected chi connectivity index (χ0v) is 10.7. The lowest BCUT2D eigenvalue weighted by atomic mass is 10.1. The summed E-state index contributed by atoms with van der Waals surface area (Å²) in [4.78, 5) is 0. The van der Waals surface area contributed by atoms with E-state index in [1.54, 1.807) is 0 Å².